The maximum absolute atomic E-state index is 11.8. The first kappa shape index (κ1) is 13.0. The fourth-order valence-electron chi connectivity index (χ4n) is 3.00. The molecule has 92 valence electrons. The first-order chi connectivity index (χ1) is 7.33. The highest BCUT2D eigenvalue weighted by atomic mass is 16.4. The maximum Gasteiger partial charge on any atom is 0.309 e. The molecule has 0 saturated heterocycles. The Morgan fingerprint density at radius 1 is 1.44 bits per heavy atom. The molecule has 0 aromatic rings. The van der Waals surface area contributed by atoms with Gasteiger partial charge in [0.1, 0.15) is 0 Å². The van der Waals surface area contributed by atoms with Gasteiger partial charge in [-0.05, 0) is 31.6 Å². The number of aliphatic carboxylic acids is 1. The van der Waals surface area contributed by atoms with Crippen molar-refractivity contribution in [2.45, 2.75) is 40.0 Å². The van der Waals surface area contributed by atoms with E-state index in [1.165, 1.54) is 0 Å². The van der Waals surface area contributed by atoms with Crippen molar-refractivity contribution in [1.29, 1.82) is 0 Å². The average Bonchev–Trinajstić information content (AvgIpc) is 2.53. The zero-order valence-electron chi connectivity index (χ0n) is 10.5. The molecule has 16 heavy (non-hydrogen) atoms. The Hall–Kier alpha value is -1.06. The molecule has 1 aliphatic rings. The van der Waals surface area contributed by atoms with Crippen molar-refractivity contribution in [3.05, 3.63) is 0 Å². The molecular formula is C12H21NO3. The number of carboxylic acids is 1. The van der Waals surface area contributed by atoms with Crippen LogP contribution in [0, 0.1) is 16.7 Å². The van der Waals surface area contributed by atoms with E-state index in [4.69, 9.17) is 0 Å². The topological polar surface area (TPSA) is 66.4 Å². The summed E-state index contributed by atoms with van der Waals surface area (Å²) in [5, 5.41) is 12.0. The molecular weight excluding hydrogens is 206 g/mol. The van der Waals surface area contributed by atoms with E-state index in [-0.39, 0.29) is 11.8 Å². The molecule has 1 unspecified atom stereocenters. The minimum Gasteiger partial charge on any atom is -0.481 e. The molecule has 0 aromatic carbocycles. The standard InChI is InChI=1S/C12H21NO3/c1-5-11(2)8(9(14)13-4)6-7-12(11,3)10(15)16/h8H,5-7H2,1-4H3,(H,13,14)(H,15,16)/t8-,11?,12+/m1/s1. The van der Waals surface area contributed by atoms with Gasteiger partial charge < -0.3 is 10.4 Å². The summed E-state index contributed by atoms with van der Waals surface area (Å²) < 4.78 is 0. The Kier molecular flexibility index (Phi) is 3.31. The normalized spacial score (nSPS) is 38.4. The lowest BCUT2D eigenvalue weighted by molar-refractivity contribution is -0.156. The molecule has 1 aliphatic carbocycles. The molecule has 0 bridgehead atoms. The van der Waals surface area contributed by atoms with Crippen LogP contribution >= 0.6 is 0 Å². The van der Waals surface area contributed by atoms with Crippen LogP contribution in [0.3, 0.4) is 0 Å². The van der Waals surface area contributed by atoms with Gasteiger partial charge in [0, 0.05) is 13.0 Å². The van der Waals surface area contributed by atoms with Crippen molar-refractivity contribution in [3.8, 4) is 0 Å². The van der Waals surface area contributed by atoms with Crippen LogP contribution in [0.1, 0.15) is 40.0 Å². The number of amides is 1. The lowest BCUT2D eigenvalue weighted by Crippen LogP contribution is -2.46. The van der Waals surface area contributed by atoms with Crippen molar-refractivity contribution in [1.82, 2.24) is 5.32 Å². The van der Waals surface area contributed by atoms with Crippen molar-refractivity contribution in [3.63, 3.8) is 0 Å². The lowest BCUT2D eigenvalue weighted by Gasteiger charge is -2.40. The molecule has 3 atom stereocenters. The highest BCUT2D eigenvalue weighted by Crippen LogP contribution is 2.58. The van der Waals surface area contributed by atoms with Crippen molar-refractivity contribution >= 4 is 11.9 Å². The van der Waals surface area contributed by atoms with Crippen LogP contribution < -0.4 is 5.32 Å². The lowest BCUT2D eigenvalue weighted by atomic mass is 9.62. The van der Waals surface area contributed by atoms with Crippen molar-refractivity contribution in [2.75, 3.05) is 7.05 Å². The Labute approximate surface area is 96.4 Å². The Bertz CT molecular complexity index is 315. The average molecular weight is 227 g/mol. The van der Waals surface area contributed by atoms with Crippen LogP contribution in [0.25, 0.3) is 0 Å². The SMILES string of the molecule is CCC1(C)[C@@H](C(=O)NC)CC[C@@]1(C)C(=O)O. The zero-order chi connectivity index (χ0) is 12.6. The predicted molar refractivity (Wildman–Crippen MR) is 60.9 cm³/mol. The molecule has 1 rings (SSSR count). The van der Waals surface area contributed by atoms with E-state index in [0.717, 1.165) is 0 Å². The molecule has 1 amide bonds. The highest BCUT2D eigenvalue weighted by molar-refractivity contribution is 5.83. The molecule has 4 nitrogen and oxygen atoms in total. The van der Waals surface area contributed by atoms with E-state index in [1.54, 1.807) is 14.0 Å². The Morgan fingerprint density at radius 3 is 2.38 bits per heavy atom. The van der Waals surface area contributed by atoms with E-state index in [0.29, 0.717) is 19.3 Å². The van der Waals surface area contributed by atoms with Gasteiger partial charge in [0.25, 0.3) is 0 Å². The molecule has 0 aromatic heterocycles. The zero-order valence-corrected chi connectivity index (χ0v) is 10.5. The summed E-state index contributed by atoms with van der Waals surface area (Å²) in [6, 6.07) is 0. The number of nitrogens with one attached hydrogen (secondary N) is 1. The second kappa shape index (κ2) is 4.07. The van der Waals surface area contributed by atoms with Gasteiger partial charge in [0.15, 0.2) is 0 Å². The Morgan fingerprint density at radius 2 is 2.00 bits per heavy atom. The van der Waals surface area contributed by atoms with Gasteiger partial charge in [0.2, 0.25) is 5.91 Å². The van der Waals surface area contributed by atoms with Gasteiger partial charge in [-0.15, -0.1) is 0 Å². The van der Waals surface area contributed by atoms with Gasteiger partial charge in [-0.3, -0.25) is 9.59 Å². The van der Waals surface area contributed by atoms with E-state index in [1.807, 2.05) is 13.8 Å². The molecule has 4 heteroatoms. The largest absolute Gasteiger partial charge is 0.481 e. The Balaban J connectivity index is 3.13. The van der Waals surface area contributed by atoms with Gasteiger partial charge in [-0.1, -0.05) is 13.8 Å². The summed E-state index contributed by atoms with van der Waals surface area (Å²) in [6.45, 7) is 5.65. The van der Waals surface area contributed by atoms with Crippen molar-refractivity contribution < 1.29 is 14.7 Å². The molecule has 0 heterocycles. The number of carbonyl (C=O) groups excluding carboxylic acids is 1. The molecule has 0 aliphatic heterocycles. The number of carboxylic acid groups (broad SMARTS) is 1. The highest BCUT2D eigenvalue weighted by Gasteiger charge is 2.59. The van der Waals surface area contributed by atoms with Crippen LogP contribution in [0.2, 0.25) is 0 Å². The summed E-state index contributed by atoms with van der Waals surface area (Å²) in [6.07, 6.45) is 1.94. The van der Waals surface area contributed by atoms with Crippen LogP contribution in [0.15, 0.2) is 0 Å². The van der Waals surface area contributed by atoms with E-state index >= 15 is 0 Å². The second-order valence-electron chi connectivity index (χ2n) is 5.11. The van der Waals surface area contributed by atoms with Gasteiger partial charge in [0.05, 0.1) is 5.41 Å². The first-order valence-corrected chi connectivity index (χ1v) is 5.78. The summed E-state index contributed by atoms with van der Waals surface area (Å²) >= 11 is 0. The van der Waals surface area contributed by atoms with Crippen LogP contribution in [0.4, 0.5) is 0 Å². The maximum atomic E-state index is 11.8. The molecule has 0 radical (unpaired) electrons. The molecule has 1 fully saturated rings. The quantitative estimate of drug-likeness (QED) is 0.770. The van der Waals surface area contributed by atoms with Gasteiger partial charge in [-0.2, -0.15) is 0 Å². The third kappa shape index (κ3) is 1.51. The molecule has 2 N–H and O–H groups in total. The number of rotatable bonds is 3. The van der Waals surface area contributed by atoms with E-state index in [9.17, 15) is 14.7 Å². The summed E-state index contributed by atoms with van der Waals surface area (Å²) in [5.74, 6) is -1.01. The van der Waals surface area contributed by atoms with Crippen LogP contribution in [-0.2, 0) is 9.59 Å². The summed E-state index contributed by atoms with van der Waals surface area (Å²) in [4.78, 5) is 23.2. The van der Waals surface area contributed by atoms with Gasteiger partial charge >= 0.3 is 5.97 Å². The van der Waals surface area contributed by atoms with Crippen molar-refractivity contribution in [2.24, 2.45) is 16.7 Å². The molecule has 0 spiro atoms. The van der Waals surface area contributed by atoms with Crippen LogP contribution in [-0.4, -0.2) is 24.0 Å². The summed E-state index contributed by atoms with van der Waals surface area (Å²) in [5.41, 5.74) is -1.25. The predicted octanol–water partition coefficient (Wildman–Crippen LogP) is 1.65. The van der Waals surface area contributed by atoms with E-state index < -0.39 is 16.8 Å². The second-order valence-corrected chi connectivity index (χ2v) is 5.11. The minimum atomic E-state index is -0.793. The van der Waals surface area contributed by atoms with E-state index in [2.05, 4.69) is 5.32 Å². The molecule has 1 saturated carbocycles. The summed E-state index contributed by atoms with van der Waals surface area (Å²) in [7, 11) is 1.61. The fraction of sp³-hybridized carbons (Fsp3) is 0.833. The fourth-order valence-corrected chi connectivity index (χ4v) is 3.00. The smallest absolute Gasteiger partial charge is 0.309 e. The number of hydrogen-bond donors (Lipinski definition) is 2. The monoisotopic (exact) mass is 227 g/mol. The third-order valence-electron chi connectivity index (χ3n) is 4.73. The number of hydrogen-bond acceptors (Lipinski definition) is 2. The van der Waals surface area contributed by atoms with Gasteiger partial charge in [-0.25, -0.2) is 0 Å². The minimum absolute atomic E-state index is 0.0330. The van der Waals surface area contributed by atoms with Crippen LogP contribution in [0.5, 0.6) is 0 Å². The third-order valence-corrected chi connectivity index (χ3v) is 4.73. The number of carbonyl (C=O) groups is 2. The first-order valence-electron chi connectivity index (χ1n) is 5.78.